The van der Waals surface area contributed by atoms with Crippen LogP contribution in [-0.4, -0.2) is 52.3 Å². The summed E-state index contributed by atoms with van der Waals surface area (Å²) in [5.41, 5.74) is 2.29. The van der Waals surface area contributed by atoms with Crippen LogP contribution >= 0.6 is 0 Å². The molecule has 1 unspecified atom stereocenters. The Bertz CT molecular complexity index is 721. The lowest BCUT2D eigenvalue weighted by Crippen LogP contribution is -2.30. The number of aromatic nitrogens is 3. The minimum Gasteiger partial charge on any atom is -0.352 e. The van der Waals surface area contributed by atoms with Crippen molar-refractivity contribution in [3.8, 4) is 0 Å². The summed E-state index contributed by atoms with van der Waals surface area (Å²) in [7, 11) is 2.12. The molecule has 0 radical (unpaired) electrons. The second-order valence-corrected chi connectivity index (χ2v) is 6.86. The summed E-state index contributed by atoms with van der Waals surface area (Å²) in [6, 6.07) is 2.07. The zero-order valence-electron chi connectivity index (χ0n) is 14.3. The largest absolute Gasteiger partial charge is 0.352 e. The maximum atomic E-state index is 12.6. The van der Waals surface area contributed by atoms with Crippen LogP contribution in [0.5, 0.6) is 0 Å². The first-order valence-corrected chi connectivity index (χ1v) is 8.27. The van der Waals surface area contributed by atoms with E-state index in [4.69, 9.17) is 0 Å². The first kappa shape index (κ1) is 15.9. The van der Waals surface area contributed by atoms with Crippen molar-refractivity contribution < 1.29 is 4.79 Å². The van der Waals surface area contributed by atoms with Crippen molar-refractivity contribution in [2.45, 2.75) is 33.2 Å². The minimum absolute atomic E-state index is 0.0293. The Labute approximate surface area is 136 Å². The molecule has 124 valence electrons. The lowest BCUT2D eigenvalue weighted by atomic mass is 10.1. The number of hydrogen-bond donors (Lipinski definition) is 1. The molecule has 0 aromatic carbocycles. The highest BCUT2D eigenvalue weighted by Crippen LogP contribution is 2.21. The van der Waals surface area contributed by atoms with Crippen LogP contribution in [0.1, 0.15) is 42.4 Å². The number of nitrogens with zero attached hydrogens (tertiary/aromatic N) is 4. The van der Waals surface area contributed by atoms with E-state index in [1.54, 1.807) is 6.20 Å². The molecular formula is C17H25N5O. The van der Waals surface area contributed by atoms with E-state index in [9.17, 15) is 4.79 Å². The standard InChI is InChI=1S/C17H25N5O/c1-11(2)22-16-15(9-19-22)14(7-12(3)20-16)17(23)18-8-13-5-6-21(4)10-13/h7,9,11,13H,5-6,8,10H2,1-4H3,(H,18,23). The van der Waals surface area contributed by atoms with Gasteiger partial charge in [0.25, 0.3) is 5.91 Å². The highest BCUT2D eigenvalue weighted by Gasteiger charge is 2.21. The summed E-state index contributed by atoms with van der Waals surface area (Å²) in [5, 5.41) is 8.31. The predicted molar refractivity (Wildman–Crippen MR) is 90.6 cm³/mol. The number of fused-ring (bicyclic) bond motifs is 1. The molecule has 6 nitrogen and oxygen atoms in total. The fraction of sp³-hybridized carbons (Fsp3) is 0.588. The van der Waals surface area contributed by atoms with Crippen molar-refractivity contribution in [1.29, 1.82) is 0 Å². The molecule has 2 aromatic heterocycles. The summed E-state index contributed by atoms with van der Waals surface area (Å²) < 4.78 is 1.87. The van der Waals surface area contributed by atoms with E-state index < -0.39 is 0 Å². The number of carbonyl (C=O) groups excluding carboxylic acids is 1. The second kappa shape index (κ2) is 6.28. The molecule has 0 spiro atoms. The van der Waals surface area contributed by atoms with Crippen LogP contribution in [0.25, 0.3) is 11.0 Å². The molecule has 1 aliphatic rings. The summed E-state index contributed by atoms with van der Waals surface area (Å²) in [4.78, 5) is 19.5. The van der Waals surface area contributed by atoms with Gasteiger partial charge in [0.05, 0.1) is 17.1 Å². The van der Waals surface area contributed by atoms with Gasteiger partial charge in [-0.1, -0.05) is 0 Å². The highest BCUT2D eigenvalue weighted by atomic mass is 16.1. The predicted octanol–water partition coefficient (Wildman–Crippen LogP) is 2.00. The van der Waals surface area contributed by atoms with Crippen LogP contribution in [0.15, 0.2) is 12.3 Å². The number of hydrogen-bond acceptors (Lipinski definition) is 4. The molecule has 2 aromatic rings. The van der Waals surface area contributed by atoms with Gasteiger partial charge in [0, 0.05) is 24.8 Å². The number of pyridine rings is 1. The quantitative estimate of drug-likeness (QED) is 0.937. The van der Waals surface area contributed by atoms with E-state index in [2.05, 4.69) is 41.2 Å². The maximum absolute atomic E-state index is 12.6. The second-order valence-electron chi connectivity index (χ2n) is 6.86. The average Bonchev–Trinajstić information content (AvgIpc) is 3.09. The van der Waals surface area contributed by atoms with Crippen molar-refractivity contribution in [2.24, 2.45) is 5.92 Å². The van der Waals surface area contributed by atoms with Crippen molar-refractivity contribution in [3.63, 3.8) is 0 Å². The number of rotatable bonds is 4. The van der Waals surface area contributed by atoms with Crippen molar-refractivity contribution in [3.05, 3.63) is 23.5 Å². The number of amides is 1. The molecule has 0 bridgehead atoms. The number of nitrogens with one attached hydrogen (secondary N) is 1. The van der Waals surface area contributed by atoms with Gasteiger partial charge in [0.1, 0.15) is 0 Å². The number of aryl methyl sites for hydroxylation is 1. The minimum atomic E-state index is -0.0293. The van der Waals surface area contributed by atoms with Gasteiger partial charge < -0.3 is 10.2 Å². The molecule has 1 fully saturated rings. The van der Waals surface area contributed by atoms with E-state index in [-0.39, 0.29) is 11.9 Å². The molecule has 1 amide bonds. The SMILES string of the molecule is Cc1cc(C(=O)NCC2CCN(C)C2)c2cnn(C(C)C)c2n1. The summed E-state index contributed by atoms with van der Waals surface area (Å²) in [6.45, 7) is 8.93. The van der Waals surface area contributed by atoms with Gasteiger partial charge in [-0.15, -0.1) is 0 Å². The Hall–Kier alpha value is -1.95. The Balaban J connectivity index is 1.82. The third-order valence-corrected chi connectivity index (χ3v) is 4.47. The summed E-state index contributed by atoms with van der Waals surface area (Å²) >= 11 is 0. The molecule has 3 heterocycles. The first-order valence-electron chi connectivity index (χ1n) is 8.27. The molecule has 1 aliphatic heterocycles. The zero-order chi connectivity index (χ0) is 16.6. The Morgan fingerprint density at radius 1 is 1.48 bits per heavy atom. The smallest absolute Gasteiger partial charge is 0.252 e. The van der Waals surface area contributed by atoms with Gasteiger partial charge in [-0.3, -0.25) is 4.79 Å². The molecule has 6 heteroatoms. The van der Waals surface area contributed by atoms with Gasteiger partial charge in [-0.05, 0) is 52.8 Å². The van der Waals surface area contributed by atoms with E-state index >= 15 is 0 Å². The van der Waals surface area contributed by atoms with Gasteiger partial charge in [-0.25, -0.2) is 9.67 Å². The van der Waals surface area contributed by atoms with Crippen LogP contribution in [-0.2, 0) is 0 Å². The third kappa shape index (κ3) is 3.22. The van der Waals surface area contributed by atoms with Gasteiger partial charge in [-0.2, -0.15) is 5.10 Å². The third-order valence-electron chi connectivity index (χ3n) is 4.47. The Morgan fingerprint density at radius 3 is 2.91 bits per heavy atom. The molecule has 3 rings (SSSR count). The highest BCUT2D eigenvalue weighted by molar-refractivity contribution is 6.05. The molecular weight excluding hydrogens is 290 g/mol. The van der Waals surface area contributed by atoms with Crippen molar-refractivity contribution in [1.82, 2.24) is 25.0 Å². The molecule has 23 heavy (non-hydrogen) atoms. The monoisotopic (exact) mass is 315 g/mol. The van der Waals surface area contributed by atoms with Gasteiger partial charge >= 0.3 is 0 Å². The van der Waals surface area contributed by atoms with Crippen LogP contribution < -0.4 is 5.32 Å². The topological polar surface area (TPSA) is 63.1 Å². The molecule has 0 aliphatic carbocycles. The maximum Gasteiger partial charge on any atom is 0.252 e. The van der Waals surface area contributed by atoms with Gasteiger partial charge in [0.15, 0.2) is 5.65 Å². The molecule has 1 atom stereocenters. The average molecular weight is 315 g/mol. The fourth-order valence-corrected chi connectivity index (χ4v) is 3.23. The Kier molecular flexibility index (Phi) is 4.35. The number of carbonyl (C=O) groups is 1. The van der Waals surface area contributed by atoms with Crippen LogP contribution in [0, 0.1) is 12.8 Å². The van der Waals surface area contributed by atoms with Crippen molar-refractivity contribution in [2.75, 3.05) is 26.7 Å². The lowest BCUT2D eigenvalue weighted by Gasteiger charge is -2.13. The van der Waals surface area contributed by atoms with Gasteiger partial charge in [0.2, 0.25) is 0 Å². The number of likely N-dealkylation sites (tertiary alicyclic amines) is 1. The van der Waals surface area contributed by atoms with Crippen LogP contribution in [0.4, 0.5) is 0 Å². The molecule has 0 saturated carbocycles. The van der Waals surface area contributed by atoms with Crippen LogP contribution in [0.3, 0.4) is 0 Å². The fourth-order valence-electron chi connectivity index (χ4n) is 3.23. The van der Waals surface area contributed by atoms with E-state index in [1.807, 2.05) is 17.7 Å². The summed E-state index contributed by atoms with van der Waals surface area (Å²) in [5.74, 6) is 0.513. The van der Waals surface area contributed by atoms with E-state index in [0.29, 0.717) is 11.5 Å². The molecule has 1 N–H and O–H groups in total. The lowest BCUT2D eigenvalue weighted by molar-refractivity contribution is 0.0949. The van der Waals surface area contributed by atoms with E-state index in [0.717, 1.165) is 42.8 Å². The molecule has 1 saturated heterocycles. The van der Waals surface area contributed by atoms with Crippen molar-refractivity contribution >= 4 is 16.9 Å². The van der Waals surface area contributed by atoms with E-state index in [1.165, 1.54) is 0 Å². The van der Waals surface area contributed by atoms with Crippen LogP contribution in [0.2, 0.25) is 0 Å². The zero-order valence-corrected chi connectivity index (χ0v) is 14.3. The first-order chi connectivity index (χ1) is 11.0. The summed E-state index contributed by atoms with van der Waals surface area (Å²) in [6.07, 6.45) is 2.90. The normalized spacial score (nSPS) is 18.9. The Morgan fingerprint density at radius 2 is 2.26 bits per heavy atom.